The predicted octanol–water partition coefficient (Wildman–Crippen LogP) is 3.71. The highest BCUT2D eigenvalue weighted by molar-refractivity contribution is 5.95. The van der Waals surface area contributed by atoms with Gasteiger partial charge in [0.05, 0.1) is 12.1 Å². The smallest absolute Gasteiger partial charge is 0.244 e. The number of hydrogen-bond donors (Lipinski definition) is 1. The van der Waals surface area contributed by atoms with Crippen molar-refractivity contribution in [3.8, 4) is 0 Å². The highest BCUT2D eigenvalue weighted by Gasteiger charge is 2.03. The first-order valence-corrected chi connectivity index (χ1v) is 8.13. The molecule has 3 rings (SSSR count). The molecule has 0 atom stereocenters. The minimum absolute atomic E-state index is 0.139. The maximum absolute atomic E-state index is 12.1. The normalized spacial score (nSPS) is 11.1. The number of ether oxygens (including phenoxy) is 1. The maximum Gasteiger partial charge on any atom is 0.244 e. The lowest BCUT2D eigenvalue weighted by Gasteiger charge is -2.09. The molecular formula is C21H20N2O2. The van der Waals surface area contributed by atoms with E-state index in [1.54, 1.807) is 25.5 Å². The van der Waals surface area contributed by atoms with E-state index < -0.39 is 0 Å². The van der Waals surface area contributed by atoms with Crippen molar-refractivity contribution < 1.29 is 9.53 Å². The van der Waals surface area contributed by atoms with Crippen molar-refractivity contribution in [2.24, 2.45) is 0 Å². The molecule has 0 aliphatic heterocycles. The summed E-state index contributed by atoms with van der Waals surface area (Å²) in [5.74, 6) is -0.139. The van der Waals surface area contributed by atoms with Gasteiger partial charge in [-0.15, -0.1) is 0 Å². The topological polar surface area (TPSA) is 51.2 Å². The Morgan fingerprint density at radius 3 is 2.72 bits per heavy atom. The van der Waals surface area contributed by atoms with Gasteiger partial charge in [0.15, 0.2) is 0 Å². The summed E-state index contributed by atoms with van der Waals surface area (Å²) in [4.78, 5) is 16.5. The number of aromatic nitrogens is 1. The molecule has 1 heterocycles. The molecule has 0 radical (unpaired) electrons. The van der Waals surface area contributed by atoms with Gasteiger partial charge in [0.2, 0.25) is 5.91 Å². The van der Waals surface area contributed by atoms with Gasteiger partial charge in [-0.25, -0.2) is 0 Å². The van der Waals surface area contributed by atoms with Crippen LogP contribution in [0, 0.1) is 0 Å². The fourth-order valence-electron chi connectivity index (χ4n) is 2.70. The third-order valence-corrected chi connectivity index (χ3v) is 3.95. The van der Waals surface area contributed by atoms with E-state index in [9.17, 15) is 4.79 Å². The number of carbonyl (C=O) groups excluding carboxylic acids is 1. The second-order valence-corrected chi connectivity index (χ2v) is 5.68. The summed E-state index contributed by atoms with van der Waals surface area (Å²) in [6, 6.07) is 17.7. The molecule has 1 aromatic heterocycles. The molecule has 1 amide bonds. The summed E-state index contributed by atoms with van der Waals surface area (Å²) < 4.78 is 5.19. The largest absolute Gasteiger partial charge is 0.380 e. The predicted molar refractivity (Wildman–Crippen MR) is 99.8 cm³/mol. The van der Waals surface area contributed by atoms with Gasteiger partial charge >= 0.3 is 0 Å². The van der Waals surface area contributed by atoms with Crippen LogP contribution in [0.3, 0.4) is 0 Å². The SMILES string of the molecule is COCc1ccccc1CNC(=O)/C=C/c1cccc2cccnc12. The van der Waals surface area contributed by atoms with Gasteiger partial charge in [0.1, 0.15) is 0 Å². The van der Waals surface area contributed by atoms with E-state index in [2.05, 4.69) is 10.3 Å². The van der Waals surface area contributed by atoms with E-state index >= 15 is 0 Å². The third-order valence-electron chi connectivity index (χ3n) is 3.95. The van der Waals surface area contributed by atoms with E-state index in [1.807, 2.05) is 54.6 Å². The van der Waals surface area contributed by atoms with Gasteiger partial charge in [-0.1, -0.05) is 48.5 Å². The first kappa shape index (κ1) is 16.9. The van der Waals surface area contributed by atoms with Gasteiger partial charge < -0.3 is 10.1 Å². The number of methoxy groups -OCH3 is 1. The van der Waals surface area contributed by atoms with Crippen LogP contribution in [0.4, 0.5) is 0 Å². The highest BCUT2D eigenvalue weighted by Crippen LogP contribution is 2.17. The summed E-state index contributed by atoms with van der Waals surface area (Å²) in [7, 11) is 1.66. The van der Waals surface area contributed by atoms with Crippen LogP contribution in [-0.2, 0) is 22.7 Å². The number of fused-ring (bicyclic) bond motifs is 1. The summed E-state index contributed by atoms with van der Waals surface area (Å²) in [5, 5.41) is 3.97. The minimum Gasteiger partial charge on any atom is -0.380 e. The number of hydrogen-bond acceptors (Lipinski definition) is 3. The molecule has 0 aliphatic rings. The fourth-order valence-corrected chi connectivity index (χ4v) is 2.70. The van der Waals surface area contributed by atoms with Gasteiger partial charge in [-0.05, 0) is 23.3 Å². The van der Waals surface area contributed by atoms with Crippen molar-refractivity contribution in [2.45, 2.75) is 13.2 Å². The van der Waals surface area contributed by atoms with E-state index in [4.69, 9.17) is 4.74 Å². The Bertz CT molecular complexity index is 898. The van der Waals surface area contributed by atoms with Crippen molar-refractivity contribution in [2.75, 3.05) is 7.11 Å². The first-order chi connectivity index (χ1) is 12.3. The van der Waals surface area contributed by atoms with Crippen LogP contribution in [0.25, 0.3) is 17.0 Å². The molecule has 0 spiro atoms. The molecule has 0 fully saturated rings. The first-order valence-electron chi connectivity index (χ1n) is 8.13. The zero-order valence-electron chi connectivity index (χ0n) is 14.1. The van der Waals surface area contributed by atoms with Crippen molar-refractivity contribution in [3.05, 3.63) is 83.6 Å². The summed E-state index contributed by atoms with van der Waals surface area (Å²) in [5.41, 5.74) is 3.94. The van der Waals surface area contributed by atoms with Crippen molar-refractivity contribution >= 4 is 22.9 Å². The summed E-state index contributed by atoms with van der Waals surface area (Å²) in [6.07, 6.45) is 5.10. The Hall–Kier alpha value is -2.98. The van der Waals surface area contributed by atoms with Crippen LogP contribution in [0.2, 0.25) is 0 Å². The third kappa shape index (κ3) is 4.31. The van der Waals surface area contributed by atoms with E-state index in [1.165, 1.54) is 0 Å². The fraction of sp³-hybridized carbons (Fsp3) is 0.143. The average Bonchev–Trinajstić information content (AvgIpc) is 2.66. The number of nitrogens with zero attached hydrogens (tertiary/aromatic N) is 1. The second kappa shape index (κ2) is 8.22. The quantitative estimate of drug-likeness (QED) is 0.700. The maximum atomic E-state index is 12.1. The van der Waals surface area contributed by atoms with E-state index in [0.29, 0.717) is 13.2 Å². The average molecular weight is 332 g/mol. The number of benzene rings is 2. The summed E-state index contributed by atoms with van der Waals surface area (Å²) >= 11 is 0. The highest BCUT2D eigenvalue weighted by atomic mass is 16.5. The van der Waals surface area contributed by atoms with E-state index in [0.717, 1.165) is 27.6 Å². The molecule has 4 nitrogen and oxygen atoms in total. The molecular weight excluding hydrogens is 312 g/mol. The molecule has 0 saturated carbocycles. The molecule has 3 aromatic rings. The van der Waals surface area contributed by atoms with Crippen LogP contribution in [-0.4, -0.2) is 18.0 Å². The summed E-state index contributed by atoms with van der Waals surface area (Å²) in [6.45, 7) is 1.00. The molecule has 2 aromatic carbocycles. The van der Waals surface area contributed by atoms with Gasteiger partial charge in [-0.2, -0.15) is 0 Å². The molecule has 0 aliphatic carbocycles. The van der Waals surface area contributed by atoms with Gasteiger partial charge in [0.25, 0.3) is 0 Å². The second-order valence-electron chi connectivity index (χ2n) is 5.68. The number of pyridine rings is 1. The van der Waals surface area contributed by atoms with Crippen LogP contribution in [0.15, 0.2) is 66.9 Å². The molecule has 126 valence electrons. The van der Waals surface area contributed by atoms with Crippen LogP contribution < -0.4 is 5.32 Å². The molecule has 4 heteroatoms. The minimum atomic E-state index is -0.139. The van der Waals surface area contributed by atoms with Crippen LogP contribution in [0.1, 0.15) is 16.7 Å². The lowest BCUT2D eigenvalue weighted by molar-refractivity contribution is -0.116. The number of rotatable bonds is 6. The number of nitrogens with one attached hydrogen (secondary N) is 1. The Morgan fingerprint density at radius 1 is 1.08 bits per heavy atom. The van der Waals surface area contributed by atoms with Crippen LogP contribution >= 0.6 is 0 Å². The Balaban J connectivity index is 1.67. The molecule has 0 bridgehead atoms. The number of carbonyl (C=O) groups is 1. The number of para-hydroxylation sites is 1. The van der Waals surface area contributed by atoms with Crippen molar-refractivity contribution in [1.29, 1.82) is 0 Å². The Morgan fingerprint density at radius 2 is 1.88 bits per heavy atom. The van der Waals surface area contributed by atoms with Crippen molar-refractivity contribution in [3.63, 3.8) is 0 Å². The lowest BCUT2D eigenvalue weighted by atomic mass is 10.1. The zero-order chi connectivity index (χ0) is 17.5. The molecule has 0 unspecified atom stereocenters. The Kier molecular flexibility index (Phi) is 5.54. The molecule has 1 N–H and O–H groups in total. The van der Waals surface area contributed by atoms with Gasteiger partial charge in [0, 0.05) is 36.9 Å². The zero-order valence-corrected chi connectivity index (χ0v) is 14.1. The molecule has 25 heavy (non-hydrogen) atoms. The van der Waals surface area contributed by atoms with Gasteiger partial charge in [-0.3, -0.25) is 9.78 Å². The van der Waals surface area contributed by atoms with Crippen LogP contribution in [0.5, 0.6) is 0 Å². The standard InChI is InChI=1S/C21H20N2O2/c1-25-15-19-7-3-2-6-18(19)14-23-20(24)12-11-17-9-4-8-16-10-5-13-22-21(16)17/h2-13H,14-15H2,1H3,(H,23,24)/b12-11+. The lowest BCUT2D eigenvalue weighted by Crippen LogP contribution is -2.21. The van der Waals surface area contributed by atoms with E-state index in [-0.39, 0.29) is 5.91 Å². The monoisotopic (exact) mass is 332 g/mol. The molecule has 0 saturated heterocycles. The van der Waals surface area contributed by atoms with Crippen molar-refractivity contribution in [1.82, 2.24) is 10.3 Å². The Labute approximate surface area is 147 Å². The number of amides is 1.